The first-order chi connectivity index (χ1) is 8.60. The molecule has 2 aromatic rings. The van der Waals surface area contributed by atoms with Crippen LogP contribution in [0.1, 0.15) is 12.5 Å². The molecule has 0 amide bonds. The Balaban J connectivity index is 2.36. The van der Waals surface area contributed by atoms with E-state index in [0.717, 1.165) is 18.2 Å². The summed E-state index contributed by atoms with van der Waals surface area (Å²) in [4.78, 5) is 7.73. The predicted octanol–water partition coefficient (Wildman–Crippen LogP) is 2.69. The molecule has 18 heavy (non-hydrogen) atoms. The lowest BCUT2D eigenvalue weighted by atomic mass is 10.2. The lowest BCUT2D eigenvalue weighted by molar-refractivity contribution is 0.445. The topological polar surface area (TPSA) is 61.0 Å². The van der Waals surface area contributed by atoms with Crippen molar-refractivity contribution < 1.29 is 13.5 Å². The highest BCUT2D eigenvalue weighted by Gasteiger charge is 2.10. The van der Waals surface area contributed by atoms with Gasteiger partial charge in [0.25, 0.3) is 0 Å². The third kappa shape index (κ3) is 2.53. The van der Waals surface area contributed by atoms with Crippen LogP contribution in [0.5, 0.6) is 11.6 Å². The highest BCUT2D eigenvalue weighted by molar-refractivity contribution is 5.46. The SMILES string of the molecule is CCc1c(N)ncnc1Oc1cc(F)cc(F)c1. The van der Waals surface area contributed by atoms with Crippen LogP contribution in [0.25, 0.3) is 0 Å². The molecule has 1 aromatic heterocycles. The van der Waals surface area contributed by atoms with Crippen LogP contribution >= 0.6 is 0 Å². The molecule has 0 bridgehead atoms. The third-order valence-electron chi connectivity index (χ3n) is 2.34. The van der Waals surface area contributed by atoms with Gasteiger partial charge in [-0.15, -0.1) is 0 Å². The Morgan fingerprint density at radius 1 is 1.17 bits per heavy atom. The first kappa shape index (κ1) is 12.2. The Morgan fingerprint density at radius 2 is 1.83 bits per heavy atom. The number of halogens is 2. The summed E-state index contributed by atoms with van der Waals surface area (Å²) in [5.41, 5.74) is 6.27. The van der Waals surface area contributed by atoms with Crippen molar-refractivity contribution in [2.45, 2.75) is 13.3 Å². The van der Waals surface area contributed by atoms with Crippen molar-refractivity contribution in [3.05, 3.63) is 41.7 Å². The summed E-state index contributed by atoms with van der Waals surface area (Å²) in [5.74, 6) is -0.912. The molecule has 94 valence electrons. The zero-order chi connectivity index (χ0) is 13.1. The lowest BCUT2D eigenvalue weighted by Gasteiger charge is -2.10. The largest absolute Gasteiger partial charge is 0.438 e. The van der Waals surface area contributed by atoms with Gasteiger partial charge in [-0.1, -0.05) is 6.92 Å². The molecule has 1 aromatic carbocycles. The van der Waals surface area contributed by atoms with E-state index in [1.54, 1.807) is 0 Å². The molecule has 0 saturated heterocycles. The zero-order valence-electron chi connectivity index (χ0n) is 9.65. The summed E-state index contributed by atoms with van der Waals surface area (Å²) in [7, 11) is 0. The van der Waals surface area contributed by atoms with Crippen molar-refractivity contribution in [1.29, 1.82) is 0 Å². The Labute approximate surface area is 102 Å². The number of benzene rings is 1. The second kappa shape index (κ2) is 4.95. The van der Waals surface area contributed by atoms with Crippen molar-refractivity contribution >= 4 is 5.82 Å². The molecule has 0 spiro atoms. The smallest absolute Gasteiger partial charge is 0.227 e. The van der Waals surface area contributed by atoms with Gasteiger partial charge in [0.2, 0.25) is 5.88 Å². The normalized spacial score (nSPS) is 10.4. The van der Waals surface area contributed by atoms with Gasteiger partial charge in [-0.25, -0.2) is 18.7 Å². The molecule has 2 rings (SSSR count). The van der Waals surface area contributed by atoms with Crippen LogP contribution in [0.3, 0.4) is 0 Å². The molecule has 0 atom stereocenters. The van der Waals surface area contributed by atoms with Gasteiger partial charge in [0.1, 0.15) is 29.5 Å². The summed E-state index contributed by atoms with van der Waals surface area (Å²) in [6, 6.07) is 2.91. The maximum absolute atomic E-state index is 13.0. The van der Waals surface area contributed by atoms with Gasteiger partial charge in [0.15, 0.2) is 0 Å². The molecule has 4 nitrogen and oxygen atoms in total. The summed E-state index contributed by atoms with van der Waals surface area (Å²) in [5, 5.41) is 0. The minimum absolute atomic E-state index is 0.0281. The van der Waals surface area contributed by atoms with Crippen LogP contribution in [-0.2, 0) is 6.42 Å². The molecule has 6 heteroatoms. The number of aromatic nitrogens is 2. The summed E-state index contributed by atoms with van der Waals surface area (Å²) in [6.45, 7) is 1.86. The van der Waals surface area contributed by atoms with Crippen LogP contribution in [0.4, 0.5) is 14.6 Å². The van der Waals surface area contributed by atoms with Crippen LogP contribution in [0.2, 0.25) is 0 Å². The molecule has 0 radical (unpaired) electrons. The van der Waals surface area contributed by atoms with E-state index < -0.39 is 11.6 Å². The number of hydrogen-bond acceptors (Lipinski definition) is 4. The highest BCUT2D eigenvalue weighted by Crippen LogP contribution is 2.26. The van der Waals surface area contributed by atoms with Crippen LogP contribution < -0.4 is 10.5 Å². The molecule has 0 aliphatic heterocycles. The minimum Gasteiger partial charge on any atom is -0.438 e. The Hall–Kier alpha value is -2.24. The highest BCUT2D eigenvalue weighted by atomic mass is 19.1. The molecular formula is C12H11F2N3O. The van der Waals surface area contributed by atoms with E-state index in [0.29, 0.717) is 17.8 Å². The van der Waals surface area contributed by atoms with Crippen molar-refractivity contribution in [3.8, 4) is 11.6 Å². The second-order valence-corrected chi connectivity index (χ2v) is 3.60. The third-order valence-corrected chi connectivity index (χ3v) is 2.34. The first-order valence-corrected chi connectivity index (χ1v) is 5.33. The van der Waals surface area contributed by atoms with Crippen molar-refractivity contribution in [2.24, 2.45) is 0 Å². The Morgan fingerprint density at radius 3 is 2.44 bits per heavy atom. The van der Waals surface area contributed by atoms with E-state index in [2.05, 4.69) is 9.97 Å². The van der Waals surface area contributed by atoms with Crippen molar-refractivity contribution in [3.63, 3.8) is 0 Å². The molecule has 1 heterocycles. The van der Waals surface area contributed by atoms with E-state index in [-0.39, 0.29) is 11.6 Å². The monoisotopic (exact) mass is 251 g/mol. The van der Waals surface area contributed by atoms with E-state index in [1.165, 1.54) is 6.33 Å². The van der Waals surface area contributed by atoms with Crippen LogP contribution in [0, 0.1) is 11.6 Å². The Bertz CT molecular complexity index is 555. The fourth-order valence-electron chi connectivity index (χ4n) is 1.53. The maximum Gasteiger partial charge on any atom is 0.227 e. The molecule has 0 unspecified atom stereocenters. The number of nitrogen functional groups attached to an aromatic ring is 1. The van der Waals surface area contributed by atoms with Crippen molar-refractivity contribution in [1.82, 2.24) is 9.97 Å². The van der Waals surface area contributed by atoms with Gasteiger partial charge >= 0.3 is 0 Å². The first-order valence-electron chi connectivity index (χ1n) is 5.33. The second-order valence-electron chi connectivity index (χ2n) is 3.60. The van der Waals surface area contributed by atoms with E-state index in [9.17, 15) is 8.78 Å². The van der Waals surface area contributed by atoms with Gasteiger partial charge in [-0.05, 0) is 6.42 Å². The number of nitrogens with two attached hydrogens (primary N) is 1. The number of ether oxygens (including phenoxy) is 1. The van der Waals surface area contributed by atoms with Crippen LogP contribution in [-0.4, -0.2) is 9.97 Å². The molecule has 0 aliphatic carbocycles. The standard InChI is InChI=1S/C12H11F2N3O/c1-2-10-11(15)16-6-17-12(10)18-9-4-7(13)3-8(14)5-9/h3-6H,2H2,1H3,(H2,15,16,17). The predicted molar refractivity (Wildman–Crippen MR) is 62.3 cm³/mol. The van der Waals surface area contributed by atoms with E-state index in [4.69, 9.17) is 10.5 Å². The van der Waals surface area contributed by atoms with Gasteiger partial charge in [-0.3, -0.25) is 0 Å². The molecule has 0 saturated carbocycles. The molecule has 0 aliphatic rings. The average molecular weight is 251 g/mol. The summed E-state index contributed by atoms with van der Waals surface area (Å²) >= 11 is 0. The van der Waals surface area contributed by atoms with E-state index in [1.807, 2.05) is 6.92 Å². The van der Waals surface area contributed by atoms with Gasteiger partial charge in [0.05, 0.1) is 5.56 Å². The number of rotatable bonds is 3. The van der Waals surface area contributed by atoms with Gasteiger partial charge in [-0.2, -0.15) is 0 Å². The van der Waals surface area contributed by atoms with Crippen LogP contribution in [0.15, 0.2) is 24.5 Å². The minimum atomic E-state index is -0.718. The molecule has 2 N–H and O–H groups in total. The Kier molecular flexibility index (Phi) is 3.36. The lowest BCUT2D eigenvalue weighted by Crippen LogP contribution is -2.02. The van der Waals surface area contributed by atoms with Crippen molar-refractivity contribution in [2.75, 3.05) is 5.73 Å². The fraction of sp³-hybridized carbons (Fsp3) is 0.167. The number of nitrogens with zero attached hydrogens (tertiary/aromatic N) is 2. The molecule has 0 fully saturated rings. The van der Waals surface area contributed by atoms with Gasteiger partial charge in [0, 0.05) is 18.2 Å². The quantitative estimate of drug-likeness (QED) is 0.911. The maximum atomic E-state index is 13.0. The summed E-state index contributed by atoms with van der Waals surface area (Å²) in [6.07, 6.45) is 1.79. The summed E-state index contributed by atoms with van der Waals surface area (Å²) < 4.78 is 31.4. The average Bonchev–Trinajstić information content (AvgIpc) is 2.27. The van der Waals surface area contributed by atoms with E-state index >= 15 is 0 Å². The zero-order valence-corrected chi connectivity index (χ0v) is 9.65. The fourth-order valence-corrected chi connectivity index (χ4v) is 1.53. The number of anilines is 1. The van der Waals surface area contributed by atoms with Gasteiger partial charge < -0.3 is 10.5 Å². The molecular weight excluding hydrogens is 240 g/mol. The number of hydrogen-bond donors (Lipinski definition) is 1.